The Bertz CT molecular complexity index is 1170. The highest BCUT2D eigenvalue weighted by Gasteiger charge is 2.28. The molecule has 0 saturated heterocycles. The highest BCUT2D eigenvalue weighted by atomic mass is 19.1. The predicted molar refractivity (Wildman–Crippen MR) is 127 cm³/mol. The summed E-state index contributed by atoms with van der Waals surface area (Å²) in [5.41, 5.74) is 3.80. The number of benzene rings is 3. The Morgan fingerprint density at radius 2 is 1.76 bits per heavy atom. The minimum atomic E-state index is -0.359. The number of hydrogen-bond donors (Lipinski definition) is 1. The lowest BCUT2D eigenvalue weighted by Gasteiger charge is -2.32. The largest absolute Gasteiger partial charge is 0.482 e. The number of nitrogens with one attached hydrogen (secondary N) is 1. The van der Waals surface area contributed by atoms with Crippen LogP contribution in [0.1, 0.15) is 48.7 Å². The van der Waals surface area contributed by atoms with Crippen LogP contribution in [-0.4, -0.2) is 18.4 Å². The number of halogens is 1. The first kappa shape index (κ1) is 22.5. The molecule has 5 nitrogen and oxygen atoms in total. The Morgan fingerprint density at radius 1 is 1.06 bits per heavy atom. The van der Waals surface area contributed by atoms with Crippen LogP contribution in [0.5, 0.6) is 5.75 Å². The summed E-state index contributed by atoms with van der Waals surface area (Å²) in [5, 5.41) is 2.75. The Hall–Kier alpha value is -3.67. The second-order valence-corrected chi connectivity index (χ2v) is 8.85. The molecule has 2 amide bonds. The monoisotopic (exact) mass is 446 g/mol. The molecule has 0 atom stereocenters. The van der Waals surface area contributed by atoms with Crippen LogP contribution in [0.3, 0.4) is 0 Å². The Kier molecular flexibility index (Phi) is 6.18. The van der Waals surface area contributed by atoms with Gasteiger partial charge in [-0.25, -0.2) is 4.39 Å². The van der Waals surface area contributed by atoms with Gasteiger partial charge in [0.2, 0.25) is 0 Å². The molecule has 0 bridgehead atoms. The van der Waals surface area contributed by atoms with Crippen molar-refractivity contribution < 1.29 is 18.7 Å². The SMILES string of the molecule is CCC(C)(C)c1ccc2c(c1)N(Cc1ccc(C(=O)Nc3ccc(F)cc3)cc1)C(=O)CO2. The van der Waals surface area contributed by atoms with E-state index in [2.05, 4.69) is 32.2 Å². The van der Waals surface area contributed by atoms with Crippen molar-refractivity contribution in [3.8, 4) is 5.75 Å². The molecule has 0 saturated carbocycles. The van der Waals surface area contributed by atoms with Crippen LogP contribution in [0.15, 0.2) is 66.7 Å². The van der Waals surface area contributed by atoms with E-state index in [4.69, 9.17) is 4.74 Å². The summed E-state index contributed by atoms with van der Waals surface area (Å²) in [7, 11) is 0. The van der Waals surface area contributed by atoms with Gasteiger partial charge in [-0.3, -0.25) is 9.59 Å². The fraction of sp³-hybridized carbons (Fsp3) is 0.259. The highest BCUT2D eigenvalue weighted by Crippen LogP contribution is 2.38. The van der Waals surface area contributed by atoms with Crippen LogP contribution in [0.2, 0.25) is 0 Å². The van der Waals surface area contributed by atoms with Crippen LogP contribution in [0.25, 0.3) is 0 Å². The van der Waals surface area contributed by atoms with Crippen LogP contribution >= 0.6 is 0 Å². The third-order valence-electron chi connectivity index (χ3n) is 6.23. The van der Waals surface area contributed by atoms with E-state index in [1.54, 1.807) is 17.0 Å². The van der Waals surface area contributed by atoms with E-state index in [0.717, 1.165) is 23.2 Å². The number of hydrogen-bond acceptors (Lipinski definition) is 3. The molecule has 6 heteroatoms. The van der Waals surface area contributed by atoms with Gasteiger partial charge >= 0.3 is 0 Å². The normalized spacial score (nSPS) is 13.3. The molecule has 1 N–H and O–H groups in total. The maximum absolute atomic E-state index is 13.1. The summed E-state index contributed by atoms with van der Waals surface area (Å²) in [6.45, 7) is 6.89. The van der Waals surface area contributed by atoms with E-state index >= 15 is 0 Å². The van der Waals surface area contributed by atoms with Crippen molar-refractivity contribution in [3.05, 3.63) is 89.2 Å². The quantitative estimate of drug-likeness (QED) is 0.529. The molecule has 0 unspecified atom stereocenters. The van der Waals surface area contributed by atoms with Crippen molar-refractivity contribution in [1.29, 1.82) is 0 Å². The van der Waals surface area contributed by atoms with Gasteiger partial charge in [0, 0.05) is 11.3 Å². The van der Waals surface area contributed by atoms with E-state index in [1.807, 2.05) is 24.3 Å². The summed E-state index contributed by atoms with van der Waals surface area (Å²) < 4.78 is 18.7. The average Bonchev–Trinajstić information content (AvgIpc) is 2.82. The molecular weight excluding hydrogens is 419 g/mol. The lowest BCUT2D eigenvalue weighted by Crippen LogP contribution is -2.38. The van der Waals surface area contributed by atoms with E-state index in [-0.39, 0.29) is 29.7 Å². The van der Waals surface area contributed by atoms with E-state index in [1.165, 1.54) is 24.3 Å². The number of anilines is 2. The van der Waals surface area contributed by atoms with Crippen LogP contribution in [0, 0.1) is 5.82 Å². The first-order valence-electron chi connectivity index (χ1n) is 11.0. The number of rotatable bonds is 6. The minimum Gasteiger partial charge on any atom is -0.482 e. The lowest BCUT2D eigenvalue weighted by atomic mass is 9.82. The lowest BCUT2D eigenvalue weighted by molar-refractivity contribution is -0.121. The van der Waals surface area contributed by atoms with Crippen molar-refractivity contribution in [1.82, 2.24) is 0 Å². The summed E-state index contributed by atoms with van der Waals surface area (Å²) in [6, 6.07) is 18.8. The van der Waals surface area contributed by atoms with Crippen molar-refractivity contribution in [2.45, 2.75) is 39.2 Å². The summed E-state index contributed by atoms with van der Waals surface area (Å²) in [5.74, 6) is -0.0537. The van der Waals surface area contributed by atoms with Gasteiger partial charge in [-0.05, 0) is 71.5 Å². The van der Waals surface area contributed by atoms with Gasteiger partial charge in [-0.2, -0.15) is 0 Å². The molecule has 4 rings (SSSR count). The zero-order valence-corrected chi connectivity index (χ0v) is 19.0. The van der Waals surface area contributed by atoms with Gasteiger partial charge in [-0.15, -0.1) is 0 Å². The number of carbonyl (C=O) groups is 2. The molecular formula is C27H27FN2O3. The van der Waals surface area contributed by atoms with E-state index in [9.17, 15) is 14.0 Å². The number of fused-ring (bicyclic) bond motifs is 1. The molecule has 0 aliphatic carbocycles. The fourth-order valence-corrected chi connectivity index (χ4v) is 3.68. The highest BCUT2D eigenvalue weighted by molar-refractivity contribution is 6.04. The van der Waals surface area contributed by atoms with Crippen LogP contribution in [0.4, 0.5) is 15.8 Å². The van der Waals surface area contributed by atoms with Crippen LogP contribution < -0.4 is 15.0 Å². The van der Waals surface area contributed by atoms with E-state index in [0.29, 0.717) is 23.5 Å². The standard InChI is InChI=1S/C27H27FN2O3/c1-4-27(2,3)20-9-14-24-23(15-20)30(25(31)17-33-24)16-18-5-7-19(8-6-18)26(32)29-22-12-10-21(28)11-13-22/h5-15H,4,16-17H2,1-3H3,(H,29,32). The van der Waals surface area contributed by atoms with Gasteiger partial charge < -0.3 is 15.0 Å². The maximum Gasteiger partial charge on any atom is 0.265 e. The summed E-state index contributed by atoms with van der Waals surface area (Å²) in [4.78, 5) is 26.9. The number of carbonyl (C=O) groups excluding carboxylic acids is 2. The van der Waals surface area contributed by atoms with Gasteiger partial charge in [0.1, 0.15) is 11.6 Å². The average molecular weight is 447 g/mol. The Labute approximate surface area is 193 Å². The zero-order chi connectivity index (χ0) is 23.6. The molecule has 170 valence electrons. The molecule has 0 spiro atoms. The van der Waals surface area contributed by atoms with Gasteiger partial charge in [0.25, 0.3) is 11.8 Å². The molecule has 0 radical (unpaired) electrons. The topological polar surface area (TPSA) is 58.6 Å². The molecule has 1 heterocycles. The van der Waals surface area contributed by atoms with Crippen molar-refractivity contribution >= 4 is 23.2 Å². The van der Waals surface area contributed by atoms with Crippen molar-refractivity contribution in [3.63, 3.8) is 0 Å². The summed E-state index contributed by atoms with van der Waals surface area (Å²) >= 11 is 0. The van der Waals surface area contributed by atoms with Gasteiger partial charge in [0.15, 0.2) is 6.61 Å². The minimum absolute atomic E-state index is 0.00166. The van der Waals surface area contributed by atoms with Gasteiger partial charge in [0.05, 0.1) is 12.2 Å². The molecule has 0 fully saturated rings. The number of amides is 2. The third-order valence-corrected chi connectivity index (χ3v) is 6.23. The predicted octanol–water partition coefficient (Wildman–Crippen LogP) is 5.69. The van der Waals surface area contributed by atoms with Crippen LogP contribution in [-0.2, 0) is 16.8 Å². The zero-order valence-electron chi connectivity index (χ0n) is 19.0. The second kappa shape index (κ2) is 9.06. The van der Waals surface area contributed by atoms with Gasteiger partial charge in [-0.1, -0.05) is 39.0 Å². The molecule has 0 aromatic heterocycles. The first-order chi connectivity index (χ1) is 15.8. The molecule has 1 aliphatic rings. The smallest absolute Gasteiger partial charge is 0.265 e. The molecule has 33 heavy (non-hydrogen) atoms. The Morgan fingerprint density at radius 3 is 2.42 bits per heavy atom. The molecule has 1 aliphatic heterocycles. The fourth-order valence-electron chi connectivity index (χ4n) is 3.68. The summed E-state index contributed by atoms with van der Waals surface area (Å²) in [6.07, 6.45) is 0.974. The Balaban J connectivity index is 1.52. The second-order valence-electron chi connectivity index (χ2n) is 8.85. The molecule has 3 aromatic carbocycles. The van der Waals surface area contributed by atoms with Crippen molar-refractivity contribution in [2.24, 2.45) is 0 Å². The first-order valence-corrected chi connectivity index (χ1v) is 11.0. The maximum atomic E-state index is 13.1. The number of nitrogens with zero attached hydrogens (tertiary/aromatic N) is 1. The van der Waals surface area contributed by atoms with E-state index < -0.39 is 0 Å². The molecule has 3 aromatic rings. The number of ether oxygens (including phenoxy) is 1. The third kappa shape index (κ3) is 4.90. The van der Waals surface area contributed by atoms with Crippen molar-refractivity contribution in [2.75, 3.05) is 16.8 Å².